The number of nitrogens with one attached hydrogen (secondary N) is 1. The molecule has 1 fully saturated rings. The summed E-state index contributed by atoms with van der Waals surface area (Å²) in [4.78, 5) is 5.06. The van der Waals surface area contributed by atoms with E-state index >= 15 is 0 Å². The van der Waals surface area contributed by atoms with Gasteiger partial charge in [0.2, 0.25) is 0 Å². The van der Waals surface area contributed by atoms with Crippen LogP contribution in [0.4, 0.5) is 13.2 Å². The molecule has 0 aromatic carbocycles. The van der Waals surface area contributed by atoms with Crippen molar-refractivity contribution in [3.05, 3.63) is 21.9 Å². The molecule has 120 valence electrons. The highest BCUT2D eigenvalue weighted by atomic mass is 32.1. The summed E-state index contributed by atoms with van der Waals surface area (Å²) in [5, 5.41) is 5.49. The first-order chi connectivity index (χ1) is 9.94. The zero-order valence-electron chi connectivity index (χ0n) is 12.2. The Balaban J connectivity index is 1.58. The molecule has 3 nitrogen and oxygen atoms in total. The van der Waals surface area contributed by atoms with Crippen molar-refractivity contribution in [2.75, 3.05) is 45.8 Å². The Morgan fingerprint density at radius 3 is 2.43 bits per heavy atom. The van der Waals surface area contributed by atoms with Crippen molar-refractivity contribution in [3.63, 3.8) is 0 Å². The number of halogens is 3. The summed E-state index contributed by atoms with van der Waals surface area (Å²) >= 11 is 1.75. The molecule has 0 unspecified atom stereocenters. The first-order valence-electron chi connectivity index (χ1n) is 7.19. The summed E-state index contributed by atoms with van der Waals surface area (Å²) in [5.74, 6) is 0. The highest BCUT2D eigenvalue weighted by molar-refractivity contribution is 7.10. The van der Waals surface area contributed by atoms with Crippen LogP contribution in [0, 0.1) is 6.92 Å². The lowest BCUT2D eigenvalue weighted by atomic mass is 10.3. The van der Waals surface area contributed by atoms with Gasteiger partial charge in [-0.2, -0.15) is 13.2 Å². The summed E-state index contributed by atoms with van der Waals surface area (Å²) < 4.78 is 36.9. The molecule has 21 heavy (non-hydrogen) atoms. The first-order valence-corrected chi connectivity index (χ1v) is 8.07. The van der Waals surface area contributed by atoms with Gasteiger partial charge in [0.05, 0.1) is 6.54 Å². The molecule has 1 aliphatic rings. The topological polar surface area (TPSA) is 18.5 Å². The van der Waals surface area contributed by atoms with Crippen molar-refractivity contribution in [2.24, 2.45) is 0 Å². The minimum absolute atomic E-state index is 0.504. The van der Waals surface area contributed by atoms with Gasteiger partial charge in [-0.15, -0.1) is 11.3 Å². The summed E-state index contributed by atoms with van der Waals surface area (Å²) in [5.41, 5.74) is 1.31. The highest BCUT2D eigenvalue weighted by Gasteiger charge is 2.31. The Morgan fingerprint density at radius 2 is 1.86 bits per heavy atom. The minimum Gasteiger partial charge on any atom is -0.311 e. The first kappa shape index (κ1) is 16.7. The van der Waals surface area contributed by atoms with Gasteiger partial charge in [0.1, 0.15) is 0 Å². The zero-order chi connectivity index (χ0) is 15.3. The van der Waals surface area contributed by atoms with Crippen molar-refractivity contribution in [1.82, 2.24) is 15.1 Å². The third-order valence-corrected chi connectivity index (χ3v) is 4.75. The molecule has 1 saturated heterocycles. The molecule has 0 atom stereocenters. The van der Waals surface area contributed by atoms with Crippen molar-refractivity contribution >= 4 is 11.3 Å². The molecule has 0 amide bonds. The molecule has 1 N–H and O–H groups in total. The summed E-state index contributed by atoms with van der Waals surface area (Å²) in [7, 11) is 0. The van der Waals surface area contributed by atoms with Crippen LogP contribution in [0.15, 0.2) is 11.4 Å². The molecule has 1 aliphatic heterocycles. The fourth-order valence-electron chi connectivity index (χ4n) is 2.45. The van der Waals surface area contributed by atoms with E-state index in [1.807, 2.05) is 0 Å². The van der Waals surface area contributed by atoms with E-state index in [0.29, 0.717) is 13.1 Å². The highest BCUT2D eigenvalue weighted by Crippen LogP contribution is 2.17. The quantitative estimate of drug-likeness (QED) is 0.811. The van der Waals surface area contributed by atoms with E-state index < -0.39 is 12.7 Å². The SMILES string of the molecule is Cc1ccsc1CNCCN1CCN(CC(F)(F)F)CC1. The average Bonchev–Trinajstić information content (AvgIpc) is 2.80. The van der Waals surface area contributed by atoms with Crippen LogP contribution in [0.3, 0.4) is 0 Å². The third kappa shape index (κ3) is 5.94. The minimum atomic E-state index is -4.08. The van der Waals surface area contributed by atoms with Crippen molar-refractivity contribution < 1.29 is 13.2 Å². The summed E-state index contributed by atoms with van der Waals surface area (Å²) in [6.07, 6.45) is -4.08. The lowest BCUT2D eigenvalue weighted by Crippen LogP contribution is -2.50. The molecule has 7 heteroatoms. The standard InChI is InChI=1S/C14H22F3N3S/c1-12-2-9-21-13(12)10-18-3-4-19-5-7-20(8-6-19)11-14(15,16)17/h2,9,18H,3-8,10-11H2,1H3. The molecule has 2 heterocycles. The number of hydrogen-bond donors (Lipinski definition) is 1. The Morgan fingerprint density at radius 1 is 1.19 bits per heavy atom. The van der Waals surface area contributed by atoms with Gasteiger partial charge in [0.15, 0.2) is 0 Å². The smallest absolute Gasteiger partial charge is 0.311 e. The van der Waals surface area contributed by atoms with Gasteiger partial charge in [0.25, 0.3) is 0 Å². The van der Waals surface area contributed by atoms with Gasteiger partial charge < -0.3 is 5.32 Å². The van der Waals surface area contributed by atoms with Crippen molar-refractivity contribution in [3.8, 4) is 0 Å². The predicted molar refractivity (Wildman–Crippen MR) is 79.7 cm³/mol. The Kier molecular flexibility index (Phi) is 6.04. The molecule has 0 aliphatic carbocycles. The van der Waals surface area contributed by atoms with Gasteiger partial charge in [-0.25, -0.2) is 0 Å². The predicted octanol–water partition coefficient (Wildman–Crippen LogP) is 2.33. The van der Waals surface area contributed by atoms with Gasteiger partial charge in [-0.05, 0) is 23.9 Å². The Labute approximate surface area is 127 Å². The van der Waals surface area contributed by atoms with E-state index in [9.17, 15) is 13.2 Å². The maximum atomic E-state index is 12.3. The summed E-state index contributed by atoms with van der Waals surface area (Å²) in [6, 6.07) is 2.11. The van der Waals surface area contributed by atoms with E-state index in [2.05, 4.69) is 28.6 Å². The van der Waals surface area contributed by atoms with Crippen molar-refractivity contribution in [2.45, 2.75) is 19.6 Å². The van der Waals surface area contributed by atoms with E-state index in [0.717, 1.165) is 32.7 Å². The number of nitrogens with zero attached hydrogens (tertiary/aromatic N) is 2. The maximum Gasteiger partial charge on any atom is 0.401 e. The largest absolute Gasteiger partial charge is 0.401 e. The zero-order valence-corrected chi connectivity index (χ0v) is 13.1. The molecule has 2 rings (SSSR count). The van der Waals surface area contributed by atoms with Crippen LogP contribution < -0.4 is 5.32 Å². The molecule has 1 aromatic heterocycles. The lowest BCUT2D eigenvalue weighted by Gasteiger charge is -2.34. The van der Waals surface area contributed by atoms with Crippen LogP contribution in [-0.2, 0) is 6.54 Å². The molecule has 0 spiro atoms. The fourth-order valence-corrected chi connectivity index (χ4v) is 3.32. The van der Waals surface area contributed by atoms with Crippen molar-refractivity contribution in [1.29, 1.82) is 0 Å². The molecule has 1 aromatic rings. The van der Waals surface area contributed by atoms with Gasteiger partial charge in [0, 0.05) is 50.7 Å². The number of hydrogen-bond acceptors (Lipinski definition) is 4. The van der Waals surface area contributed by atoms with Crippen LogP contribution in [0.2, 0.25) is 0 Å². The molecule has 0 bridgehead atoms. The van der Waals surface area contributed by atoms with E-state index in [1.54, 1.807) is 11.3 Å². The number of rotatable bonds is 6. The Hall–Kier alpha value is -0.630. The van der Waals surface area contributed by atoms with Gasteiger partial charge in [-0.3, -0.25) is 9.80 Å². The van der Waals surface area contributed by atoms with Crippen LogP contribution in [0.1, 0.15) is 10.4 Å². The van der Waals surface area contributed by atoms with Crippen LogP contribution in [0.5, 0.6) is 0 Å². The fraction of sp³-hybridized carbons (Fsp3) is 0.714. The normalized spacial score (nSPS) is 18.3. The van der Waals surface area contributed by atoms with E-state index in [-0.39, 0.29) is 0 Å². The van der Waals surface area contributed by atoms with E-state index in [1.165, 1.54) is 15.3 Å². The second-order valence-electron chi connectivity index (χ2n) is 5.44. The number of piperazine rings is 1. The number of alkyl halides is 3. The van der Waals surface area contributed by atoms with Crippen LogP contribution in [0.25, 0.3) is 0 Å². The third-order valence-electron chi connectivity index (χ3n) is 3.73. The average molecular weight is 321 g/mol. The molecule has 0 saturated carbocycles. The van der Waals surface area contributed by atoms with Gasteiger partial charge in [-0.1, -0.05) is 0 Å². The van der Waals surface area contributed by atoms with Gasteiger partial charge >= 0.3 is 6.18 Å². The van der Waals surface area contributed by atoms with Crippen LogP contribution in [-0.4, -0.2) is 61.8 Å². The summed E-state index contributed by atoms with van der Waals surface area (Å²) in [6.45, 7) is 6.40. The maximum absolute atomic E-state index is 12.3. The van der Waals surface area contributed by atoms with E-state index in [4.69, 9.17) is 0 Å². The second kappa shape index (κ2) is 7.58. The molecule has 0 radical (unpaired) electrons. The Bertz CT molecular complexity index is 425. The molecular formula is C14H22F3N3S. The lowest BCUT2D eigenvalue weighted by molar-refractivity contribution is -0.149. The number of aryl methyl sites for hydroxylation is 1. The number of thiophene rings is 1. The molecular weight excluding hydrogens is 299 g/mol. The van der Waals surface area contributed by atoms with Crippen LogP contribution >= 0.6 is 11.3 Å². The monoisotopic (exact) mass is 321 g/mol. The second-order valence-corrected chi connectivity index (χ2v) is 6.44.